The van der Waals surface area contributed by atoms with Gasteiger partial charge in [-0.05, 0) is 31.9 Å². The molecule has 0 amide bonds. The van der Waals surface area contributed by atoms with E-state index in [4.69, 9.17) is 18.9 Å². The molecule has 1 unspecified atom stereocenters. The molecule has 3 aliphatic rings. The van der Waals surface area contributed by atoms with E-state index in [-0.39, 0.29) is 23.8 Å². The van der Waals surface area contributed by atoms with Gasteiger partial charge >= 0.3 is 0 Å². The van der Waals surface area contributed by atoms with Crippen molar-refractivity contribution in [2.45, 2.75) is 63.1 Å². The van der Waals surface area contributed by atoms with Gasteiger partial charge in [-0.15, -0.1) is 5.10 Å². The molecular weight excluding hydrogens is 431 g/mol. The predicted octanol–water partition coefficient (Wildman–Crippen LogP) is 2.57. The summed E-state index contributed by atoms with van der Waals surface area (Å²) in [6.45, 7) is 6.14. The summed E-state index contributed by atoms with van der Waals surface area (Å²) in [6, 6.07) is 0.902. The molecule has 0 aliphatic carbocycles. The van der Waals surface area contributed by atoms with E-state index >= 15 is 0 Å². The fourth-order valence-electron chi connectivity index (χ4n) is 4.70. The van der Waals surface area contributed by atoms with Gasteiger partial charge in [-0.2, -0.15) is 0 Å². The van der Waals surface area contributed by atoms with Gasteiger partial charge in [0.15, 0.2) is 29.0 Å². The third-order valence-corrected chi connectivity index (χ3v) is 6.18. The Morgan fingerprint density at radius 3 is 2.47 bits per heavy atom. The van der Waals surface area contributed by atoms with Crippen LogP contribution in [0.4, 0.5) is 13.2 Å². The second-order valence-corrected chi connectivity index (χ2v) is 9.15. The maximum Gasteiger partial charge on any atom is 0.197 e. The van der Waals surface area contributed by atoms with Gasteiger partial charge in [-0.3, -0.25) is 0 Å². The molecule has 3 fully saturated rings. The monoisotopic (exact) mass is 455 g/mol. The predicted molar refractivity (Wildman–Crippen MR) is 103 cm³/mol. The van der Waals surface area contributed by atoms with Gasteiger partial charge in [0.1, 0.15) is 30.0 Å². The first-order valence-corrected chi connectivity index (χ1v) is 10.5. The third-order valence-electron chi connectivity index (χ3n) is 6.18. The first-order valence-electron chi connectivity index (χ1n) is 10.5. The molecule has 0 radical (unpaired) electrons. The maximum atomic E-state index is 13.7. The van der Waals surface area contributed by atoms with Crippen LogP contribution in [0.5, 0.6) is 0 Å². The molecule has 0 bridgehead atoms. The number of benzene rings is 1. The molecule has 2 aromatic rings. The lowest BCUT2D eigenvalue weighted by molar-refractivity contribution is -0.399. The van der Waals surface area contributed by atoms with Crippen molar-refractivity contribution in [3.63, 3.8) is 0 Å². The minimum atomic E-state index is -1.56. The highest BCUT2D eigenvalue weighted by atomic mass is 19.2. The largest absolute Gasteiger partial charge is 0.385 e. The van der Waals surface area contributed by atoms with Crippen LogP contribution in [-0.4, -0.2) is 63.2 Å². The molecule has 6 atom stereocenters. The topological polar surface area (TPSA) is 87.9 Å². The van der Waals surface area contributed by atoms with Crippen molar-refractivity contribution in [1.82, 2.24) is 15.0 Å². The third kappa shape index (κ3) is 3.52. The molecule has 1 N–H and O–H groups in total. The van der Waals surface area contributed by atoms with Crippen molar-refractivity contribution >= 4 is 0 Å². The maximum absolute atomic E-state index is 13.7. The van der Waals surface area contributed by atoms with Gasteiger partial charge in [-0.25, -0.2) is 17.9 Å². The van der Waals surface area contributed by atoms with Gasteiger partial charge in [0.05, 0.1) is 19.4 Å². The first kappa shape index (κ1) is 21.8. The molecular formula is C21H24F3N3O5. The minimum absolute atomic E-state index is 0.0134. The Morgan fingerprint density at radius 1 is 1.09 bits per heavy atom. The number of aliphatic hydroxyl groups excluding tert-OH is 1. The van der Waals surface area contributed by atoms with Crippen LogP contribution in [0.1, 0.15) is 33.2 Å². The Bertz CT molecular complexity index is 1010. The molecule has 0 saturated carbocycles. The van der Waals surface area contributed by atoms with Gasteiger partial charge in [-0.1, -0.05) is 12.1 Å². The van der Waals surface area contributed by atoms with E-state index < -0.39 is 53.4 Å². The molecule has 4 heterocycles. The van der Waals surface area contributed by atoms with Crippen LogP contribution in [-0.2, 0) is 18.9 Å². The SMILES string of the molecule is CC1CO[C@@]2(C1)O[C@@H]1COC(C)(C)O[C@@H]1[C@H](n1cc(-c3cc(F)c(F)c(F)c3)nn1)[C@H]2O. The van der Waals surface area contributed by atoms with Gasteiger partial charge in [0.25, 0.3) is 0 Å². The van der Waals surface area contributed by atoms with Crippen LogP contribution in [0.25, 0.3) is 11.3 Å². The van der Waals surface area contributed by atoms with Crippen molar-refractivity contribution in [1.29, 1.82) is 0 Å². The lowest BCUT2D eigenvalue weighted by Gasteiger charge is -2.53. The number of hydrogen-bond acceptors (Lipinski definition) is 7. The quantitative estimate of drug-likeness (QED) is 0.697. The number of rotatable bonds is 2. The number of aliphatic hydroxyl groups is 1. The van der Waals surface area contributed by atoms with Crippen molar-refractivity contribution in [2.24, 2.45) is 5.92 Å². The van der Waals surface area contributed by atoms with Gasteiger partial charge in [0.2, 0.25) is 0 Å². The summed E-state index contributed by atoms with van der Waals surface area (Å²) < 4.78 is 66.1. The fraction of sp³-hybridized carbons (Fsp3) is 0.619. The molecule has 8 nitrogen and oxygen atoms in total. The molecule has 174 valence electrons. The van der Waals surface area contributed by atoms with Crippen LogP contribution in [0.15, 0.2) is 18.3 Å². The second kappa shape index (κ2) is 7.49. The number of halogens is 3. The van der Waals surface area contributed by atoms with Crippen molar-refractivity contribution in [3.05, 3.63) is 35.8 Å². The van der Waals surface area contributed by atoms with E-state index in [2.05, 4.69) is 10.3 Å². The van der Waals surface area contributed by atoms with E-state index in [1.807, 2.05) is 6.92 Å². The van der Waals surface area contributed by atoms with E-state index in [0.717, 1.165) is 12.1 Å². The van der Waals surface area contributed by atoms with Crippen LogP contribution >= 0.6 is 0 Å². The summed E-state index contributed by atoms with van der Waals surface area (Å²) in [5.41, 5.74) is 0.124. The highest BCUT2D eigenvalue weighted by molar-refractivity contribution is 5.57. The fourth-order valence-corrected chi connectivity index (χ4v) is 4.70. The molecule has 11 heteroatoms. The Morgan fingerprint density at radius 2 is 1.81 bits per heavy atom. The molecule has 3 saturated heterocycles. The molecule has 5 rings (SSSR count). The smallest absolute Gasteiger partial charge is 0.197 e. The van der Waals surface area contributed by atoms with Crippen LogP contribution < -0.4 is 0 Å². The Balaban J connectivity index is 1.54. The number of aromatic nitrogens is 3. The van der Waals surface area contributed by atoms with Crippen LogP contribution in [0, 0.1) is 23.4 Å². The lowest BCUT2D eigenvalue weighted by atomic mass is 9.86. The number of hydrogen-bond donors (Lipinski definition) is 1. The summed E-state index contributed by atoms with van der Waals surface area (Å²) in [7, 11) is 0. The summed E-state index contributed by atoms with van der Waals surface area (Å²) in [5.74, 6) is -6.25. The summed E-state index contributed by atoms with van der Waals surface area (Å²) in [5, 5.41) is 19.5. The number of nitrogens with zero attached hydrogens (tertiary/aromatic N) is 3. The number of ether oxygens (including phenoxy) is 4. The second-order valence-electron chi connectivity index (χ2n) is 9.15. The van der Waals surface area contributed by atoms with Crippen molar-refractivity contribution in [2.75, 3.05) is 13.2 Å². The van der Waals surface area contributed by atoms with Crippen LogP contribution in [0.3, 0.4) is 0 Å². The normalized spacial score (nSPS) is 36.4. The summed E-state index contributed by atoms with van der Waals surface area (Å²) >= 11 is 0. The molecule has 1 spiro atoms. The molecule has 3 aliphatic heterocycles. The van der Waals surface area contributed by atoms with Gasteiger partial charge in [0, 0.05) is 12.0 Å². The molecule has 32 heavy (non-hydrogen) atoms. The van der Waals surface area contributed by atoms with E-state index in [1.165, 1.54) is 10.9 Å². The first-order chi connectivity index (χ1) is 15.1. The zero-order valence-electron chi connectivity index (χ0n) is 17.8. The standard InChI is InChI=1S/C21H24F3N3O5/c1-10-6-21(30-8-10)19(28)17(18-15(31-21)9-29-20(2,3)32-18)27-7-14(25-26-27)11-4-12(22)16(24)13(23)5-11/h4-5,7,10,15,17-19,28H,6,8-9H2,1-3H3/t10?,15-,17+,18+,19-,21+/m1/s1. The lowest BCUT2D eigenvalue weighted by Crippen LogP contribution is -2.66. The van der Waals surface area contributed by atoms with Crippen LogP contribution in [0.2, 0.25) is 0 Å². The zero-order chi connectivity index (χ0) is 22.8. The van der Waals surface area contributed by atoms with E-state index in [9.17, 15) is 18.3 Å². The van der Waals surface area contributed by atoms with Crippen molar-refractivity contribution in [3.8, 4) is 11.3 Å². The highest BCUT2D eigenvalue weighted by Crippen LogP contribution is 2.47. The average Bonchev–Trinajstić information content (AvgIpc) is 3.35. The molecule has 1 aromatic carbocycles. The average molecular weight is 455 g/mol. The van der Waals surface area contributed by atoms with Crippen molar-refractivity contribution < 1.29 is 37.2 Å². The Labute approximate surface area is 182 Å². The summed E-state index contributed by atoms with van der Waals surface area (Å²) in [4.78, 5) is 0. The van der Waals surface area contributed by atoms with E-state index in [1.54, 1.807) is 13.8 Å². The molecule has 1 aromatic heterocycles. The Hall–Kier alpha value is -2.05. The van der Waals surface area contributed by atoms with E-state index in [0.29, 0.717) is 13.0 Å². The minimum Gasteiger partial charge on any atom is -0.385 e. The van der Waals surface area contributed by atoms with Gasteiger partial charge < -0.3 is 24.1 Å². The zero-order valence-corrected chi connectivity index (χ0v) is 17.8. The highest BCUT2D eigenvalue weighted by Gasteiger charge is 2.61. The summed E-state index contributed by atoms with van der Waals surface area (Å²) in [6.07, 6.45) is -0.475. The number of fused-ring (bicyclic) bond motifs is 1. The Kier molecular flexibility index (Phi) is 5.10.